The second kappa shape index (κ2) is 12.0. The monoisotopic (exact) mass is 550 g/mol. The quantitative estimate of drug-likeness (QED) is 0.282. The van der Waals surface area contributed by atoms with E-state index in [2.05, 4.69) is 11.6 Å². The fraction of sp³-hybridized carbons (Fsp3) is 0.276. The van der Waals surface area contributed by atoms with Gasteiger partial charge in [0.1, 0.15) is 12.4 Å². The zero-order chi connectivity index (χ0) is 28.1. The van der Waals surface area contributed by atoms with Crippen molar-refractivity contribution in [1.29, 1.82) is 0 Å². The van der Waals surface area contributed by atoms with Crippen LogP contribution in [-0.2, 0) is 9.53 Å². The summed E-state index contributed by atoms with van der Waals surface area (Å²) in [6.07, 6.45) is 3.38. The molecule has 9 nitrogen and oxygen atoms in total. The molecule has 1 atom stereocenters. The average molecular weight is 551 g/mol. The molecule has 4 rings (SSSR count). The summed E-state index contributed by atoms with van der Waals surface area (Å²) in [6.45, 7) is 7.70. The van der Waals surface area contributed by atoms with Gasteiger partial charge in [0.05, 0.1) is 49.8 Å². The Morgan fingerprint density at radius 1 is 1.08 bits per heavy atom. The molecule has 1 aromatic heterocycles. The van der Waals surface area contributed by atoms with E-state index in [0.29, 0.717) is 55.8 Å². The highest BCUT2D eigenvalue weighted by molar-refractivity contribution is 7.07. The van der Waals surface area contributed by atoms with Gasteiger partial charge in [-0.2, -0.15) is 0 Å². The number of nitrogens with zero attached hydrogens (tertiary/aromatic N) is 2. The predicted octanol–water partition coefficient (Wildman–Crippen LogP) is 3.39. The molecule has 0 fully saturated rings. The lowest BCUT2D eigenvalue weighted by molar-refractivity contribution is -0.139. The number of aromatic nitrogens is 1. The molecule has 2 aromatic carbocycles. The fourth-order valence-electron chi connectivity index (χ4n) is 4.39. The Bertz CT molecular complexity index is 1600. The smallest absolute Gasteiger partial charge is 0.338 e. The molecular weight excluding hydrogens is 520 g/mol. The maximum absolute atomic E-state index is 13.9. The van der Waals surface area contributed by atoms with Gasteiger partial charge in [-0.05, 0) is 49.8 Å². The molecule has 0 unspecified atom stereocenters. The molecule has 0 aliphatic carbocycles. The van der Waals surface area contributed by atoms with Gasteiger partial charge in [-0.15, -0.1) is 0 Å². The van der Waals surface area contributed by atoms with Crippen molar-refractivity contribution < 1.29 is 28.5 Å². The molecular formula is C29H30N2O7S. The summed E-state index contributed by atoms with van der Waals surface area (Å²) in [5, 5.41) is 0. The summed E-state index contributed by atoms with van der Waals surface area (Å²) in [6, 6.07) is 10.0. The molecule has 0 saturated heterocycles. The van der Waals surface area contributed by atoms with Gasteiger partial charge in [0.25, 0.3) is 5.56 Å². The lowest BCUT2D eigenvalue weighted by Crippen LogP contribution is -2.39. The van der Waals surface area contributed by atoms with E-state index in [0.717, 1.165) is 5.56 Å². The Labute approximate surface area is 229 Å². The van der Waals surface area contributed by atoms with Crippen molar-refractivity contribution in [1.82, 2.24) is 4.57 Å². The normalized spacial score (nSPS) is 14.8. The molecule has 0 spiro atoms. The first kappa shape index (κ1) is 27.7. The number of methoxy groups -OCH3 is 3. The van der Waals surface area contributed by atoms with Gasteiger partial charge in [0.2, 0.25) is 5.75 Å². The van der Waals surface area contributed by atoms with E-state index in [9.17, 15) is 9.59 Å². The number of fused-ring (bicyclic) bond motifs is 1. The summed E-state index contributed by atoms with van der Waals surface area (Å²) in [5.41, 5.74) is 1.83. The van der Waals surface area contributed by atoms with Crippen molar-refractivity contribution in [2.45, 2.75) is 19.9 Å². The third-order valence-electron chi connectivity index (χ3n) is 6.10. The fourth-order valence-corrected chi connectivity index (χ4v) is 5.43. The Hall–Kier alpha value is -4.31. The zero-order valence-corrected chi connectivity index (χ0v) is 23.3. The number of rotatable bonds is 10. The zero-order valence-electron chi connectivity index (χ0n) is 22.5. The molecule has 204 valence electrons. The number of hydrogen-bond donors (Lipinski definition) is 0. The largest absolute Gasteiger partial charge is 0.493 e. The van der Waals surface area contributed by atoms with Gasteiger partial charge < -0.3 is 23.7 Å². The molecule has 0 bridgehead atoms. The number of allylic oxidation sites excluding steroid dienone is 1. The molecule has 1 aliphatic rings. The maximum Gasteiger partial charge on any atom is 0.338 e. The van der Waals surface area contributed by atoms with E-state index in [4.69, 9.17) is 23.7 Å². The minimum Gasteiger partial charge on any atom is -0.493 e. The minimum absolute atomic E-state index is 0.195. The molecule has 0 amide bonds. The van der Waals surface area contributed by atoms with Crippen LogP contribution < -0.4 is 33.8 Å². The van der Waals surface area contributed by atoms with Crippen LogP contribution in [-0.4, -0.2) is 45.1 Å². The van der Waals surface area contributed by atoms with Crippen LogP contribution in [0.5, 0.6) is 23.0 Å². The van der Waals surface area contributed by atoms with Crippen LogP contribution in [0.2, 0.25) is 0 Å². The second-order valence-corrected chi connectivity index (χ2v) is 9.40. The molecule has 1 aliphatic heterocycles. The number of carbonyl (C=O) groups is 1. The minimum atomic E-state index is -0.733. The van der Waals surface area contributed by atoms with Crippen molar-refractivity contribution in [2.24, 2.45) is 4.99 Å². The predicted molar refractivity (Wildman–Crippen MR) is 149 cm³/mol. The summed E-state index contributed by atoms with van der Waals surface area (Å²) in [7, 11) is 4.58. The van der Waals surface area contributed by atoms with Gasteiger partial charge in [0, 0.05) is 5.56 Å². The molecule has 3 aromatic rings. The highest BCUT2D eigenvalue weighted by atomic mass is 32.1. The number of hydrogen-bond acceptors (Lipinski definition) is 9. The van der Waals surface area contributed by atoms with Gasteiger partial charge in [-0.3, -0.25) is 9.36 Å². The van der Waals surface area contributed by atoms with Gasteiger partial charge in [-0.25, -0.2) is 9.79 Å². The van der Waals surface area contributed by atoms with Gasteiger partial charge in [-0.1, -0.05) is 36.1 Å². The van der Waals surface area contributed by atoms with Crippen molar-refractivity contribution in [3.8, 4) is 23.0 Å². The standard InChI is InChI=1S/C29H30N2O7S/c1-7-15-38-20-12-9-18(10-13-20)24-23(28(33)37-8-2)17(3)30-29-31(24)27(32)22(39-29)16-19-11-14-21(34-4)26(36-6)25(19)35-5/h7,9-14,16,24H,1,8,15H2,2-6H3/b22-16+/t24-/m1/s1. The molecule has 0 saturated carbocycles. The van der Waals surface area contributed by atoms with Crippen LogP contribution in [0.1, 0.15) is 31.0 Å². The molecule has 0 N–H and O–H groups in total. The van der Waals surface area contributed by atoms with Gasteiger partial charge in [0.15, 0.2) is 16.3 Å². The molecule has 0 radical (unpaired) electrons. The molecule has 39 heavy (non-hydrogen) atoms. The SMILES string of the molecule is C=CCOc1ccc([C@@H]2C(C(=O)OCC)=C(C)N=c3s/c(=C/c4ccc(OC)c(OC)c4OC)c(=O)n32)cc1. The second-order valence-electron chi connectivity index (χ2n) is 8.39. The first-order chi connectivity index (χ1) is 18.9. The summed E-state index contributed by atoms with van der Waals surface area (Å²) in [5.74, 6) is 1.47. The van der Waals surface area contributed by atoms with E-state index >= 15 is 0 Å². The number of benzene rings is 2. The average Bonchev–Trinajstić information content (AvgIpc) is 3.25. The van der Waals surface area contributed by atoms with Crippen LogP contribution in [0.4, 0.5) is 0 Å². The lowest BCUT2D eigenvalue weighted by Gasteiger charge is -2.24. The Morgan fingerprint density at radius 3 is 2.41 bits per heavy atom. The first-order valence-electron chi connectivity index (χ1n) is 12.2. The van der Waals surface area contributed by atoms with E-state index < -0.39 is 12.0 Å². The maximum atomic E-state index is 13.9. The molecule has 10 heteroatoms. The van der Waals surface area contributed by atoms with E-state index in [1.807, 2.05) is 12.1 Å². The van der Waals surface area contributed by atoms with E-state index in [-0.39, 0.29) is 12.2 Å². The highest BCUT2D eigenvalue weighted by Crippen LogP contribution is 2.40. The Balaban J connectivity index is 1.92. The Morgan fingerprint density at radius 2 is 1.79 bits per heavy atom. The lowest BCUT2D eigenvalue weighted by atomic mass is 9.96. The summed E-state index contributed by atoms with van der Waals surface area (Å²) >= 11 is 1.22. The van der Waals surface area contributed by atoms with E-state index in [1.165, 1.54) is 37.2 Å². The number of ether oxygens (including phenoxy) is 5. The van der Waals surface area contributed by atoms with Gasteiger partial charge >= 0.3 is 5.97 Å². The topological polar surface area (TPSA) is 97.6 Å². The van der Waals surface area contributed by atoms with Crippen LogP contribution in [0.15, 0.2) is 70.1 Å². The van der Waals surface area contributed by atoms with Crippen LogP contribution in [0, 0.1) is 0 Å². The van der Waals surface area contributed by atoms with Crippen LogP contribution in [0.25, 0.3) is 6.08 Å². The highest BCUT2D eigenvalue weighted by Gasteiger charge is 2.33. The van der Waals surface area contributed by atoms with Crippen molar-refractivity contribution in [3.05, 3.63) is 91.1 Å². The van der Waals surface area contributed by atoms with E-state index in [1.54, 1.807) is 50.3 Å². The van der Waals surface area contributed by atoms with Crippen molar-refractivity contribution in [2.75, 3.05) is 34.5 Å². The Kier molecular flexibility index (Phi) is 8.55. The third kappa shape index (κ3) is 5.33. The summed E-state index contributed by atoms with van der Waals surface area (Å²) in [4.78, 5) is 32.1. The number of esters is 1. The number of thiazole rings is 1. The van der Waals surface area contributed by atoms with Crippen LogP contribution >= 0.6 is 11.3 Å². The van der Waals surface area contributed by atoms with Crippen molar-refractivity contribution >= 4 is 23.4 Å². The molecule has 2 heterocycles. The number of carbonyl (C=O) groups excluding carboxylic acids is 1. The third-order valence-corrected chi connectivity index (χ3v) is 7.08. The first-order valence-corrected chi connectivity index (χ1v) is 13.0. The summed E-state index contributed by atoms with van der Waals surface area (Å²) < 4.78 is 29.4. The van der Waals surface area contributed by atoms with Crippen LogP contribution in [0.3, 0.4) is 0 Å². The van der Waals surface area contributed by atoms with Crippen molar-refractivity contribution in [3.63, 3.8) is 0 Å².